The van der Waals surface area contributed by atoms with Crippen molar-refractivity contribution in [2.75, 3.05) is 14.2 Å². The molecule has 2 rings (SSSR count). The van der Waals surface area contributed by atoms with Crippen molar-refractivity contribution in [2.24, 2.45) is 0 Å². The van der Waals surface area contributed by atoms with Gasteiger partial charge >= 0.3 is 6.01 Å². The van der Waals surface area contributed by atoms with Gasteiger partial charge in [-0.3, -0.25) is 0 Å². The number of ether oxygens (including phenoxy) is 3. The average molecular weight is 310 g/mol. The Balaban J connectivity index is 2.58. The van der Waals surface area contributed by atoms with E-state index in [0.29, 0.717) is 22.9 Å². The Labute approximate surface area is 128 Å². The Morgan fingerprint density at radius 1 is 1.00 bits per heavy atom. The molecule has 7 heteroatoms. The molecule has 0 unspecified atom stereocenters. The molecule has 0 saturated heterocycles. The van der Waals surface area contributed by atoms with Crippen LogP contribution in [-0.2, 0) is 0 Å². The van der Waals surface area contributed by atoms with Gasteiger partial charge in [-0.25, -0.2) is 0 Å². The predicted molar refractivity (Wildman–Crippen MR) is 79.1 cm³/mol. The summed E-state index contributed by atoms with van der Waals surface area (Å²) in [6, 6.07) is 5.56. The number of halogens is 1. The Hall–Kier alpha value is -2.08. The summed E-state index contributed by atoms with van der Waals surface area (Å²) in [5.41, 5.74) is 0.598. The van der Waals surface area contributed by atoms with Gasteiger partial charge in [0, 0.05) is 0 Å². The molecule has 0 fully saturated rings. The maximum atomic E-state index is 5.95. The molecular weight excluding hydrogens is 294 g/mol. The van der Waals surface area contributed by atoms with Crippen molar-refractivity contribution in [3.63, 3.8) is 0 Å². The maximum absolute atomic E-state index is 5.95. The molecule has 0 radical (unpaired) electrons. The van der Waals surface area contributed by atoms with Gasteiger partial charge in [-0.15, -0.1) is 0 Å². The minimum atomic E-state index is -0.0733. The van der Waals surface area contributed by atoms with Gasteiger partial charge in [-0.2, -0.15) is 15.0 Å². The number of aromatic nitrogens is 3. The minimum absolute atomic E-state index is 0.0450. The van der Waals surface area contributed by atoms with Gasteiger partial charge in [-0.1, -0.05) is 6.07 Å². The largest absolute Gasteiger partial charge is 0.496 e. The highest BCUT2D eigenvalue weighted by molar-refractivity contribution is 6.28. The third-order valence-corrected chi connectivity index (χ3v) is 2.75. The Bertz CT molecular complexity index is 613. The summed E-state index contributed by atoms with van der Waals surface area (Å²) in [7, 11) is 3.12. The summed E-state index contributed by atoms with van der Waals surface area (Å²) in [5.74, 6) is 1.49. The summed E-state index contributed by atoms with van der Waals surface area (Å²) >= 11 is 5.95. The number of methoxy groups -OCH3 is 2. The first-order valence-electron chi connectivity index (χ1n) is 6.34. The molecule has 0 atom stereocenters. The van der Waals surface area contributed by atoms with Crippen LogP contribution >= 0.6 is 11.6 Å². The molecule has 0 aliphatic carbocycles. The second-order valence-electron chi connectivity index (χ2n) is 4.41. The highest BCUT2D eigenvalue weighted by Crippen LogP contribution is 2.36. The zero-order chi connectivity index (χ0) is 15.4. The first-order valence-corrected chi connectivity index (χ1v) is 6.72. The second-order valence-corrected chi connectivity index (χ2v) is 4.75. The van der Waals surface area contributed by atoms with Crippen molar-refractivity contribution in [3.05, 3.63) is 23.5 Å². The van der Waals surface area contributed by atoms with Crippen LogP contribution < -0.4 is 14.2 Å². The Morgan fingerprint density at radius 3 is 2.14 bits per heavy atom. The summed E-state index contributed by atoms with van der Waals surface area (Å²) in [4.78, 5) is 12.4. The van der Waals surface area contributed by atoms with Gasteiger partial charge in [-0.05, 0) is 37.6 Å². The molecule has 1 heterocycles. The van der Waals surface area contributed by atoms with E-state index in [1.54, 1.807) is 26.4 Å². The lowest BCUT2D eigenvalue weighted by atomic mass is 10.1. The van der Waals surface area contributed by atoms with E-state index < -0.39 is 0 Å². The zero-order valence-corrected chi connectivity index (χ0v) is 13.0. The van der Waals surface area contributed by atoms with Crippen LogP contribution in [0.3, 0.4) is 0 Å². The fraction of sp³-hybridized carbons (Fsp3) is 0.357. The molecule has 1 aromatic carbocycles. The van der Waals surface area contributed by atoms with Gasteiger partial charge in [0.15, 0.2) is 5.82 Å². The van der Waals surface area contributed by atoms with E-state index in [-0.39, 0.29) is 17.4 Å². The van der Waals surface area contributed by atoms with Crippen molar-refractivity contribution < 1.29 is 14.2 Å². The number of hydrogen-bond donors (Lipinski definition) is 0. The molecule has 0 amide bonds. The van der Waals surface area contributed by atoms with E-state index in [4.69, 9.17) is 25.8 Å². The summed E-state index contributed by atoms with van der Waals surface area (Å²) in [6.07, 6.45) is -0.0733. The second kappa shape index (κ2) is 6.58. The summed E-state index contributed by atoms with van der Waals surface area (Å²) < 4.78 is 16.2. The molecule has 6 nitrogen and oxygen atoms in total. The molecule has 2 aromatic rings. The molecule has 0 aliphatic heterocycles. The van der Waals surface area contributed by atoms with E-state index in [2.05, 4.69) is 15.0 Å². The fourth-order valence-electron chi connectivity index (χ4n) is 1.78. The normalized spacial score (nSPS) is 10.6. The van der Waals surface area contributed by atoms with Crippen LogP contribution in [0.2, 0.25) is 5.28 Å². The van der Waals surface area contributed by atoms with Gasteiger partial charge < -0.3 is 14.2 Å². The number of nitrogens with zero attached hydrogens (tertiary/aromatic N) is 3. The lowest BCUT2D eigenvalue weighted by Gasteiger charge is -2.13. The summed E-state index contributed by atoms with van der Waals surface area (Å²) in [6.45, 7) is 3.75. The lowest BCUT2D eigenvalue weighted by molar-refractivity contribution is 0.221. The molecule has 1 aromatic heterocycles. The molecule has 21 heavy (non-hydrogen) atoms. The van der Waals surface area contributed by atoms with Crippen molar-refractivity contribution >= 4 is 11.6 Å². The van der Waals surface area contributed by atoms with Crippen LogP contribution in [-0.4, -0.2) is 35.3 Å². The van der Waals surface area contributed by atoms with Crippen molar-refractivity contribution in [1.82, 2.24) is 15.0 Å². The van der Waals surface area contributed by atoms with Crippen LogP contribution in [0.15, 0.2) is 18.2 Å². The van der Waals surface area contributed by atoms with E-state index in [1.807, 2.05) is 19.9 Å². The Morgan fingerprint density at radius 2 is 1.62 bits per heavy atom. The standard InChI is InChI=1S/C14H16ClN3O3/c1-8(2)21-14-17-12(16-13(15)18-14)11-9(19-3)6-5-7-10(11)20-4/h5-8H,1-4H3. The molecular formula is C14H16ClN3O3. The van der Waals surface area contributed by atoms with Crippen LogP contribution in [0, 0.1) is 0 Å². The highest BCUT2D eigenvalue weighted by atomic mass is 35.5. The Kier molecular flexibility index (Phi) is 4.80. The lowest BCUT2D eigenvalue weighted by Crippen LogP contribution is -2.10. The van der Waals surface area contributed by atoms with Crippen molar-refractivity contribution in [1.29, 1.82) is 0 Å². The van der Waals surface area contributed by atoms with Crippen molar-refractivity contribution in [3.8, 4) is 28.9 Å². The smallest absolute Gasteiger partial charge is 0.321 e. The van der Waals surface area contributed by atoms with Crippen LogP contribution in [0.4, 0.5) is 0 Å². The van der Waals surface area contributed by atoms with E-state index >= 15 is 0 Å². The maximum Gasteiger partial charge on any atom is 0.321 e. The average Bonchev–Trinajstić information content (AvgIpc) is 2.44. The summed E-state index contributed by atoms with van der Waals surface area (Å²) in [5, 5.41) is 0.0450. The van der Waals surface area contributed by atoms with Gasteiger partial charge in [0.05, 0.1) is 20.3 Å². The monoisotopic (exact) mass is 309 g/mol. The quantitative estimate of drug-likeness (QED) is 0.846. The van der Waals surface area contributed by atoms with E-state index in [9.17, 15) is 0 Å². The van der Waals surface area contributed by atoms with Crippen LogP contribution in [0.25, 0.3) is 11.4 Å². The molecule has 0 saturated carbocycles. The van der Waals surface area contributed by atoms with E-state index in [1.165, 1.54) is 0 Å². The highest BCUT2D eigenvalue weighted by Gasteiger charge is 2.18. The van der Waals surface area contributed by atoms with Crippen LogP contribution in [0.5, 0.6) is 17.5 Å². The van der Waals surface area contributed by atoms with E-state index in [0.717, 1.165) is 0 Å². The fourth-order valence-corrected chi connectivity index (χ4v) is 1.93. The number of benzene rings is 1. The third-order valence-electron chi connectivity index (χ3n) is 2.58. The first-order chi connectivity index (χ1) is 10.0. The van der Waals surface area contributed by atoms with Gasteiger partial charge in [0.25, 0.3) is 0 Å². The van der Waals surface area contributed by atoms with Gasteiger partial charge in [0.1, 0.15) is 17.1 Å². The number of rotatable bonds is 5. The molecule has 0 bridgehead atoms. The molecule has 112 valence electrons. The zero-order valence-electron chi connectivity index (χ0n) is 12.3. The number of hydrogen-bond acceptors (Lipinski definition) is 6. The molecule has 0 spiro atoms. The SMILES string of the molecule is COc1cccc(OC)c1-c1nc(Cl)nc(OC(C)C)n1. The molecule has 0 aliphatic rings. The topological polar surface area (TPSA) is 66.4 Å². The minimum Gasteiger partial charge on any atom is -0.496 e. The first kappa shape index (κ1) is 15.3. The predicted octanol–water partition coefficient (Wildman–Crippen LogP) is 3.00. The third kappa shape index (κ3) is 3.52. The van der Waals surface area contributed by atoms with Crippen molar-refractivity contribution in [2.45, 2.75) is 20.0 Å². The van der Waals surface area contributed by atoms with Crippen LogP contribution in [0.1, 0.15) is 13.8 Å². The molecule has 0 N–H and O–H groups in total. The van der Waals surface area contributed by atoms with Gasteiger partial charge in [0.2, 0.25) is 5.28 Å².